The highest BCUT2D eigenvalue weighted by Gasteiger charge is 2.27. The van der Waals surface area contributed by atoms with Gasteiger partial charge < -0.3 is 10.2 Å². The number of carbonyl (C=O) groups is 1. The Morgan fingerprint density at radius 2 is 2.17 bits per heavy atom. The monoisotopic (exact) mass is 246 g/mol. The molecule has 3 nitrogen and oxygen atoms in total. The van der Waals surface area contributed by atoms with E-state index in [1.165, 1.54) is 5.56 Å². The van der Waals surface area contributed by atoms with Crippen molar-refractivity contribution in [1.29, 1.82) is 0 Å². The van der Waals surface area contributed by atoms with Gasteiger partial charge in [0, 0.05) is 12.6 Å². The average Bonchev–Trinajstić information content (AvgIpc) is 2.86. The summed E-state index contributed by atoms with van der Waals surface area (Å²) in [7, 11) is 1.83. The molecule has 1 aromatic rings. The van der Waals surface area contributed by atoms with Crippen LogP contribution in [-0.4, -0.2) is 37.0 Å². The number of hydrogen-bond acceptors (Lipinski definition) is 2. The van der Waals surface area contributed by atoms with Crippen molar-refractivity contribution in [3.8, 4) is 0 Å². The van der Waals surface area contributed by atoms with E-state index in [0.717, 1.165) is 32.2 Å². The van der Waals surface area contributed by atoms with Crippen LogP contribution in [0.2, 0.25) is 0 Å². The van der Waals surface area contributed by atoms with Crippen LogP contribution in [0.3, 0.4) is 0 Å². The Bertz CT molecular complexity index is 377. The van der Waals surface area contributed by atoms with Crippen LogP contribution in [0.25, 0.3) is 0 Å². The van der Waals surface area contributed by atoms with E-state index in [4.69, 9.17) is 0 Å². The predicted octanol–water partition coefficient (Wildman–Crippen LogP) is 1.83. The van der Waals surface area contributed by atoms with Crippen molar-refractivity contribution in [2.24, 2.45) is 0 Å². The highest BCUT2D eigenvalue weighted by atomic mass is 16.2. The van der Waals surface area contributed by atoms with Gasteiger partial charge >= 0.3 is 0 Å². The first-order valence-corrected chi connectivity index (χ1v) is 6.79. The quantitative estimate of drug-likeness (QED) is 0.859. The van der Waals surface area contributed by atoms with Gasteiger partial charge in [0.05, 0.1) is 6.54 Å². The zero-order valence-corrected chi connectivity index (χ0v) is 11.1. The van der Waals surface area contributed by atoms with E-state index < -0.39 is 0 Å². The molecule has 0 saturated carbocycles. The number of benzene rings is 1. The molecule has 1 amide bonds. The Morgan fingerprint density at radius 3 is 2.89 bits per heavy atom. The van der Waals surface area contributed by atoms with Crippen molar-refractivity contribution in [3.63, 3.8) is 0 Å². The number of nitrogens with zero attached hydrogens (tertiary/aromatic N) is 1. The molecule has 0 aromatic heterocycles. The van der Waals surface area contributed by atoms with E-state index in [1.54, 1.807) is 0 Å². The molecule has 18 heavy (non-hydrogen) atoms. The summed E-state index contributed by atoms with van der Waals surface area (Å²) in [5.74, 6) is 0.244. The summed E-state index contributed by atoms with van der Waals surface area (Å²) >= 11 is 0. The largest absolute Gasteiger partial charge is 0.339 e. The SMILES string of the molecule is CNCC(=O)N1CCCC1CCc1ccccc1. The van der Waals surface area contributed by atoms with E-state index in [0.29, 0.717) is 12.6 Å². The van der Waals surface area contributed by atoms with Crippen LogP contribution in [0.1, 0.15) is 24.8 Å². The first kappa shape index (κ1) is 13.1. The first-order valence-electron chi connectivity index (χ1n) is 6.79. The van der Waals surface area contributed by atoms with Crippen LogP contribution >= 0.6 is 0 Å². The number of rotatable bonds is 5. The number of likely N-dealkylation sites (tertiary alicyclic amines) is 1. The van der Waals surface area contributed by atoms with Gasteiger partial charge in [-0.2, -0.15) is 0 Å². The van der Waals surface area contributed by atoms with Crippen molar-refractivity contribution in [2.45, 2.75) is 31.7 Å². The maximum absolute atomic E-state index is 11.9. The third-order valence-corrected chi connectivity index (χ3v) is 3.63. The van der Waals surface area contributed by atoms with E-state index in [2.05, 4.69) is 34.5 Å². The lowest BCUT2D eigenvalue weighted by Crippen LogP contribution is -2.40. The van der Waals surface area contributed by atoms with E-state index in [9.17, 15) is 4.79 Å². The Balaban J connectivity index is 1.86. The zero-order valence-electron chi connectivity index (χ0n) is 11.1. The fourth-order valence-electron chi connectivity index (χ4n) is 2.69. The maximum Gasteiger partial charge on any atom is 0.236 e. The predicted molar refractivity (Wildman–Crippen MR) is 73.4 cm³/mol. The number of aryl methyl sites for hydroxylation is 1. The molecule has 3 heteroatoms. The normalized spacial score (nSPS) is 19.2. The Morgan fingerprint density at radius 1 is 1.39 bits per heavy atom. The van der Waals surface area contributed by atoms with Crippen molar-refractivity contribution < 1.29 is 4.79 Å². The molecule has 0 spiro atoms. The Hall–Kier alpha value is -1.35. The molecule has 98 valence electrons. The molecule has 1 atom stereocenters. The minimum atomic E-state index is 0.244. The number of likely N-dealkylation sites (N-methyl/N-ethyl adjacent to an activating group) is 1. The van der Waals surface area contributed by atoms with Gasteiger partial charge in [0.2, 0.25) is 5.91 Å². The zero-order chi connectivity index (χ0) is 12.8. The van der Waals surface area contributed by atoms with Crippen molar-refractivity contribution >= 4 is 5.91 Å². The van der Waals surface area contributed by atoms with Gasteiger partial charge in [-0.05, 0) is 38.3 Å². The lowest BCUT2D eigenvalue weighted by atomic mass is 10.0. The highest BCUT2D eigenvalue weighted by molar-refractivity contribution is 5.78. The molecule has 0 radical (unpaired) electrons. The molecule has 0 aliphatic carbocycles. The lowest BCUT2D eigenvalue weighted by molar-refractivity contribution is -0.131. The van der Waals surface area contributed by atoms with Crippen LogP contribution < -0.4 is 5.32 Å². The number of carbonyl (C=O) groups excluding carboxylic acids is 1. The summed E-state index contributed by atoms with van der Waals surface area (Å²) in [6.45, 7) is 1.39. The molecule has 1 saturated heterocycles. The van der Waals surface area contributed by atoms with Crippen LogP contribution in [0.15, 0.2) is 30.3 Å². The van der Waals surface area contributed by atoms with Gasteiger partial charge in [0.1, 0.15) is 0 Å². The topological polar surface area (TPSA) is 32.3 Å². The van der Waals surface area contributed by atoms with Crippen LogP contribution in [-0.2, 0) is 11.2 Å². The van der Waals surface area contributed by atoms with Gasteiger partial charge in [-0.25, -0.2) is 0 Å². The summed E-state index contributed by atoms with van der Waals surface area (Å²) in [6, 6.07) is 11.0. The second-order valence-corrected chi connectivity index (χ2v) is 4.94. The molecule has 0 bridgehead atoms. The molecular weight excluding hydrogens is 224 g/mol. The molecule has 1 heterocycles. The van der Waals surface area contributed by atoms with Gasteiger partial charge in [0.25, 0.3) is 0 Å². The average molecular weight is 246 g/mol. The third-order valence-electron chi connectivity index (χ3n) is 3.63. The van der Waals surface area contributed by atoms with Crippen molar-refractivity contribution in [3.05, 3.63) is 35.9 Å². The highest BCUT2D eigenvalue weighted by Crippen LogP contribution is 2.21. The van der Waals surface area contributed by atoms with Gasteiger partial charge in [-0.15, -0.1) is 0 Å². The second kappa shape index (κ2) is 6.55. The standard InChI is InChI=1S/C15H22N2O/c1-16-12-15(18)17-11-5-8-14(17)10-9-13-6-3-2-4-7-13/h2-4,6-7,14,16H,5,8-12H2,1H3. The Labute approximate surface area is 109 Å². The van der Waals surface area contributed by atoms with Gasteiger partial charge in [-0.3, -0.25) is 4.79 Å². The summed E-state index contributed by atoms with van der Waals surface area (Å²) in [4.78, 5) is 14.0. The van der Waals surface area contributed by atoms with Crippen LogP contribution in [0.4, 0.5) is 0 Å². The fourth-order valence-corrected chi connectivity index (χ4v) is 2.69. The molecule has 1 fully saturated rings. The molecular formula is C15H22N2O. The first-order chi connectivity index (χ1) is 8.81. The summed E-state index contributed by atoms with van der Waals surface area (Å²) < 4.78 is 0. The number of amides is 1. The van der Waals surface area contributed by atoms with Crippen LogP contribution in [0, 0.1) is 0 Å². The summed E-state index contributed by atoms with van der Waals surface area (Å²) in [5.41, 5.74) is 1.37. The molecule has 2 rings (SSSR count). The van der Waals surface area contributed by atoms with Gasteiger partial charge in [0.15, 0.2) is 0 Å². The van der Waals surface area contributed by atoms with Crippen LogP contribution in [0.5, 0.6) is 0 Å². The summed E-state index contributed by atoms with van der Waals surface area (Å²) in [6.07, 6.45) is 4.45. The summed E-state index contributed by atoms with van der Waals surface area (Å²) in [5, 5.41) is 2.95. The third kappa shape index (κ3) is 3.33. The molecule has 1 N–H and O–H groups in total. The second-order valence-electron chi connectivity index (χ2n) is 4.94. The van der Waals surface area contributed by atoms with E-state index in [1.807, 2.05) is 13.1 Å². The van der Waals surface area contributed by atoms with Crippen molar-refractivity contribution in [2.75, 3.05) is 20.1 Å². The minimum absolute atomic E-state index is 0.244. The maximum atomic E-state index is 11.9. The molecule has 1 aromatic carbocycles. The molecule has 1 aliphatic rings. The molecule has 1 aliphatic heterocycles. The van der Waals surface area contributed by atoms with Crippen molar-refractivity contribution in [1.82, 2.24) is 10.2 Å². The number of nitrogens with one attached hydrogen (secondary N) is 1. The lowest BCUT2D eigenvalue weighted by Gasteiger charge is -2.24. The van der Waals surface area contributed by atoms with Gasteiger partial charge in [-0.1, -0.05) is 30.3 Å². The molecule has 1 unspecified atom stereocenters. The number of hydrogen-bond donors (Lipinski definition) is 1. The minimum Gasteiger partial charge on any atom is -0.339 e. The Kier molecular flexibility index (Phi) is 4.76. The smallest absolute Gasteiger partial charge is 0.236 e. The fraction of sp³-hybridized carbons (Fsp3) is 0.533. The van der Waals surface area contributed by atoms with E-state index in [-0.39, 0.29) is 5.91 Å². The van der Waals surface area contributed by atoms with E-state index >= 15 is 0 Å².